The molecule has 1 amide bonds. The molecule has 0 aromatic rings. The van der Waals surface area contributed by atoms with Gasteiger partial charge in [0.05, 0.1) is 11.5 Å². The van der Waals surface area contributed by atoms with Crippen LogP contribution in [-0.2, 0) is 14.6 Å². The van der Waals surface area contributed by atoms with Crippen LogP contribution in [-0.4, -0.2) is 31.9 Å². The smallest absolute Gasteiger partial charge is 0.261 e. The molecule has 0 radical (unpaired) electrons. The number of amides is 1. The number of carbonyl (C=O) groups excluding carboxylic acids is 1. The first-order valence-corrected chi connectivity index (χ1v) is 8.60. The van der Waals surface area contributed by atoms with Gasteiger partial charge in [-0.2, -0.15) is 5.26 Å². The first kappa shape index (κ1) is 14.8. The third-order valence-corrected chi connectivity index (χ3v) is 5.41. The first-order valence-electron chi connectivity index (χ1n) is 6.78. The van der Waals surface area contributed by atoms with Crippen LogP contribution in [0.1, 0.15) is 25.7 Å². The Morgan fingerprint density at radius 1 is 1.35 bits per heavy atom. The van der Waals surface area contributed by atoms with E-state index in [9.17, 15) is 13.2 Å². The third kappa shape index (κ3) is 3.94. The summed E-state index contributed by atoms with van der Waals surface area (Å²) in [5.41, 5.74) is 0.0922. The lowest BCUT2D eigenvalue weighted by atomic mass is 9.92. The average Bonchev–Trinajstić information content (AvgIpc) is 2.76. The average molecular weight is 294 g/mol. The molecule has 1 aliphatic heterocycles. The number of nitrogens with zero attached hydrogens (tertiary/aromatic N) is 1. The highest BCUT2D eigenvalue weighted by Crippen LogP contribution is 2.21. The van der Waals surface area contributed by atoms with E-state index < -0.39 is 15.7 Å². The second-order valence-corrected chi connectivity index (χ2v) is 7.54. The van der Waals surface area contributed by atoms with Gasteiger partial charge in [0.25, 0.3) is 5.91 Å². The summed E-state index contributed by atoms with van der Waals surface area (Å²) in [7, 11) is -3.03. The lowest BCUT2D eigenvalue weighted by Crippen LogP contribution is -2.36. The number of hydrogen-bond donors (Lipinski definition) is 1. The van der Waals surface area contributed by atoms with Crippen LogP contribution in [0.2, 0.25) is 0 Å². The summed E-state index contributed by atoms with van der Waals surface area (Å²) in [6.45, 7) is 0. The topological polar surface area (TPSA) is 87.0 Å². The van der Waals surface area contributed by atoms with Gasteiger partial charge in [-0.05, 0) is 31.6 Å². The van der Waals surface area contributed by atoms with E-state index in [0.29, 0.717) is 6.42 Å². The first-order chi connectivity index (χ1) is 9.50. The molecule has 1 heterocycles. The summed E-state index contributed by atoms with van der Waals surface area (Å²) in [4.78, 5) is 12.0. The summed E-state index contributed by atoms with van der Waals surface area (Å²) in [6.07, 6.45) is 9.04. The lowest BCUT2D eigenvalue weighted by molar-refractivity contribution is -0.117. The molecule has 20 heavy (non-hydrogen) atoms. The van der Waals surface area contributed by atoms with Crippen LogP contribution in [0.3, 0.4) is 0 Å². The lowest BCUT2D eigenvalue weighted by Gasteiger charge is -2.15. The number of allylic oxidation sites excluding steroid dienone is 3. The highest BCUT2D eigenvalue weighted by atomic mass is 32.2. The van der Waals surface area contributed by atoms with Crippen molar-refractivity contribution in [3.8, 4) is 6.07 Å². The van der Waals surface area contributed by atoms with Crippen molar-refractivity contribution >= 4 is 15.7 Å². The van der Waals surface area contributed by atoms with Gasteiger partial charge in [0, 0.05) is 6.04 Å². The Bertz CT molecular complexity index is 584. The van der Waals surface area contributed by atoms with Gasteiger partial charge in [0.15, 0.2) is 9.84 Å². The van der Waals surface area contributed by atoms with Gasteiger partial charge in [-0.15, -0.1) is 0 Å². The minimum Gasteiger partial charge on any atom is -0.348 e. The molecule has 0 aromatic heterocycles. The molecule has 2 aliphatic rings. The molecule has 2 atom stereocenters. The summed E-state index contributed by atoms with van der Waals surface area (Å²) in [5.74, 6) is -0.155. The van der Waals surface area contributed by atoms with Gasteiger partial charge in [-0.3, -0.25) is 4.79 Å². The van der Waals surface area contributed by atoms with E-state index in [-0.39, 0.29) is 29.0 Å². The molecular weight excluding hydrogens is 276 g/mol. The molecule has 0 bridgehead atoms. The van der Waals surface area contributed by atoms with Crippen molar-refractivity contribution < 1.29 is 13.2 Å². The number of nitrogens with one attached hydrogen (secondary N) is 1. The summed E-state index contributed by atoms with van der Waals surface area (Å²) < 4.78 is 22.7. The molecule has 0 unspecified atom stereocenters. The maximum Gasteiger partial charge on any atom is 0.261 e. The van der Waals surface area contributed by atoms with Crippen molar-refractivity contribution in [2.24, 2.45) is 5.92 Å². The summed E-state index contributed by atoms with van der Waals surface area (Å²) in [5, 5.41) is 11.7. The Labute approximate surface area is 119 Å². The van der Waals surface area contributed by atoms with Crippen LogP contribution in [0.5, 0.6) is 0 Å². The molecule has 0 spiro atoms. The van der Waals surface area contributed by atoms with Gasteiger partial charge in [-0.1, -0.05) is 18.2 Å². The summed E-state index contributed by atoms with van der Waals surface area (Å²) in [6, 6.07) is 1.55. The number of rotatable bonds is 3. The zero-order valence-corrected chi connectivity index (χ0v) is 12.0. The second kappa shape index (κ2) is 6.23. The molecule has 0 aromatic carbocycles. The van der Waals surface area contributed by atoms with Crippen molar-refractivity contribution in [1.29, 1.82) is 5.26 Å². The molecule has 1 aliphatic carbocycles. The standard InChI is InChI=1S/C14H18N2O3S/c15-9-12(8-11-4-2-1-3-5-11)14(17)16-13-6-7-20(18,19)10-13/h1-2,8,11,13H,3-7,10H2,(H,16,17)/b12-8+/t11-,13-/m0/s1. The Kier molecular flexibility index (Phi) is 4.61. The molecular formula is C14H18N2O3S. The van der Waals surface area contributed by atoms with Gasteiger partial charge >= 0.3 is 0 Å². The highest BCUT2D eigenvalue weighted by molar-refractivity contribution is 7.91. The van der Waals surface area contributed by atoms with Crippen LogP contribution in [0.4, 0.5) is 0 Å². The van der Waals surface area contributed by atoms with Crippen molar-refractivity contribution in [2.75, 3.05) is 11.5 Å². The quantitative estimate of drug-likeness (QED) is 0.479. The van der Waals surface area contributed by atoms with E-state index in [1.54, 1.807) is 6.08 Å². The Balaban J connectivity index is 1.97. The van der Waals surface area contributed by atoms with Crippen LogP contribution in [0.25, 0.3) is 0 Å². The van der Waals surface area contributed by atoms with E-state index in [0.717, 1.165) is 19.3 Å². The Hall–Kier alpha value is -1.61. The van der Waals surface area contributed by atoms with E-state index in [1.807, 2.05) is 6.07 Å². The zero-order chi connectivity index (χ0) is 14.6. The van der Waals surface area contributed by atoms with Gasteiger partial charge in [0.2, 0.25) is 0 Å². The normalized spacial score (nSPS) is 28.9. The zero-order valence-electron chi connectivity index (χ0n) is 11.2. The van der Waals surface area contributed by atoms with Crippen molar-refractivity contribution in [1.82, 2.24) is 5.32 Å². The fourth-order valence-electron chi connectivity index (χ4n) is 2.54. The monoisotopic (exact) mass is 294 g/mol. The van der Waals surface area contributed by atoms with Crippen LogP contribution in [0, 0.1) is 17.2 Å². The number of carbonyl (C=O) groups is 1. The fourth-order valence-corrected chi connectivity index (χ4v) is 4.21. The maximum absolute atomic E-state index is 12.0. The van der Waals surface area contributed by atoms with E-state index in [1.165, 1.54) is 0 Å². The minimum absolute atomic E-state index is 0.0242. The minimum atomic E-state index is -3.03. The number of hydrogen-bond acceptors (Lipinski definition) is 4. The number of nitriles is 1. The fraction of sp³-hybridized carbons (Fsp3) is 0.571. The van der Waals surface area contributed by atoms with Gasteiger partial charge in [-0.25, -0.2) is 8.42 Å². The van der Waals surface area contributed by atoms with E-state index in [4.69, 9.17) is 5.26 Å². The van der Waals surface area contributed by atoms with Crippen LogP contribution in [0.15, 0.2) is 23.8 Å². The molecule has 5 nitrogen and oxygen atoms in total. The Morgan fingerprint density at radius 3 is 2.70 bits per heavy atom. The molecule has 0 saturated carbocycles. The SMILES string of the molecule is N#C/C(=C\[C@H]1CC=CCC1)C(=O)N[C@H]1CCS(=O)(=O)C1. The van der Waals surface area contributed by atoms with Crippen LogP contribution >= 0.6 is 0 Å². The predicted octanol–water partition coefficient (Wildman–Crippen LogP) is 1.10. The highest BCUT2D eigenvalue weighted by Gasteiger charge is 2.29. The second-order valence-electron chi connectivity index (χ2n) is 5.31. The van der Waals surface area contributed by atoms with Crippen molar-refractivity contribution in [3.05, 3.63) is 23.8 Å². The van der Waals surface area contributed by atoms with E-state index in [2.05, 4.69) is 17.5 Å². The molecule has 2 rings (SSSR count). The molecule has 1 N–H and O–H groups in total. The van der Waals surface area contributed by atoms with Crippen molar-refractivity contribution in [3.63, 3.8) is 0 Å². The van der Waals surface area contributed by atoms with Gasteiger partial charge in [0.1, 0.15) is 11.6 Å². The maximum atomic E-state index is 12.0. The van der Waals surface area contributed by atoms with E-state index >= 15 is 0 Å². The number of sulfone groups is 1. The third-order valence-electron chi connectivity index (χ3n) is 3.64. The van der Waals surface area contributed by atoms with Crippen molar-refractivity contribution in [2.45, 2.75) is 31.7 Å². The molecule has 6 heteroatoms. The largest absolute Gasteiger partial charge is 0.348 e. The molecule has 108 valence electrons. The van der Waals surface area contributed by atoms with Gasteiger partial charge < -0.3 is 5.32 Å². The summed E-state index contributed by atoms with van der Waals surface area (Å²) >= 11 is 0. The molecule has 1 fully saturated rings. The predicted molar refractivity (Wildman–Crippen MR) is 75.4 cm³/mol. The molecule has 1 saturated heterocycles. The Morgan fingerprint density at radius 2 is 2.15 bits per heavy atom. The van der Waals surface area contributed by atoms with Crippen LogP contribution < -0.4 is 5.32 Å².